The van der Waals surface area contributed by atoms with Gasteiger partial charge in [0.15, 0.2) is 5.76 Å². The number of nitrogens with one attached hydrogen (secondary N) is 1. The lowest BCUT2D eigenvalue weighted by Gasteiger charge is -2.10. The van der Waals surface area contributed by atoms with E-state index in [1.165, 1.54) is 0 Å². The molecule has 1 heterocycles. The lowest BCUT2D eigenvalue weighted by molar-refractivity contribution is 0.313. The van der Waals surface area contributed by atoms with Crippen LogP contribution in [-0.4, -0.2) is 5.16 Å². The van der Waals surface area contributed by atoms with Crippen LogP contribution in [0.15, 0.2) is 10.6 Å². The SMILES string of the molecule is Cc1cc(C(C)(C)[NH])on1. The van der Waals surface area contributed by atoms with Crippen LogP contribution >= 0.6 is 0 Å². The van der Waals surface area contributed by atoms with Crippen LogP contribution in [0.5, 0.6) is 0 Å². The van der Waals surface area contributed by atoms with Crippen molar-refractivity contribution in [1.29, 1.82) is 0 Å². The van der Waals surface area contributed by atoms with Gasteiger partial charge in [-0.05, 0) is 20.8 Å². The van der Waals surface area contributed by atoms with Crippen molar-refractivity contribution in [3.05, 3.63) is 17.5 Å². The molecule has 3 nitrogen and oxygen atoms in total. The third kappa shape index (κ3) is 1.36. The second-order valence-electron chi connectivity index (χ2n) is 2.96. The number of hydrogen-bond donors (Lipinski definition) is 0. The molecule has 0 saturated heterocycles. The van der Waals surface area contributed by atoms with E-state index in [-0.39, 0.29) is 0 Å². The summed E-state index contributed by atoms with van der Waals surface area (Å²) in [5.74, 6) is 0.616. The molecule has 0 fully saturated rings. The van der Waals surface area contributed by atoms with Gasteiger partial charge in [0.25, 0.3) is 0 Å². The summed E-state index contributed by atoms with van der Waals surface area (Å²) in [6.45, 7) is 5.39. The van der Waals surface area contributed by atoms with Gasteiger partial charge in [0.2, 0.25) is 0 Å². The predicted octanol–water partition coefficient (Wildman–Crippen LogP) is 1.50. The average molecular weight is 139 g/mol. The Labute approximate surface area is 60.2 Å². The van der Waals surface area contributed by atoms with E-state index in [4.69, 9.17) is 10.3 Å². The minimum absolute atomic E-state index is 0.616. The first-order chi connectivity index (χ1) is 4.50. The molecule has 0 saturated carbocycles. The van der Waals surface area contributed by atoms with Gasteiger partial charge in [0, 0.05) is 6.07 Å². The Hall–Kier alpha value is -0.830. The van der Waals surface area contributed by atoms with E-state index in [2.05, 4.69) is 5.16 Å². The minimum Gasteiger partial charge on any atom is -0.359 e. The normalized spacial score (nSPS) is 12.0. The fraction of sp³-hybridized carbons (Fsp3) is 0.571. The summed E-state index contributed by atoms with van der Waals surface area (Å²) in [5.41, 5.74) is 7.72. The number of aromatic nitrogens is 1. The molecule has 0 aliphatic carbocycles. The van der Waals surface area contributed by atoms with Crippen molar-refractivity contribution in [1.82, 2.24) is 10.9 Å². The maximum Gasteiger partial charge on any atom is 0.157 e. The number of rotatable bonds is 1. The van der Waals surface area contributed by atoms with Gasteiger partial charge in [-0.3, -0.25) is 0 Å². The standard InChI is InChI=1S/C7H11N2O/c1-5-4-6(10-9-5)7(2,3)8/h4,8H,1-3H3. The number of nitrogens with zero attached hydrogens (tertiary/aromatic N) is 1. The zero-order valence-electron chi connectivity index (χ0n) is 6.43. The molecule has 55 valence electrons. The van der Waals surface area contributed by atoms with E-state index in [9.17, 15) is 0 Å². The van der Waals surface area contributed by atoms with E-state index in [0.29, 0.717) is 5.76 Å². The van der Waals surface area contributed by atoms with E-state index in [1.54, 1.807) is 19.9 Å². The van der Waals surface area contributed by atoms with Crippen LogP contribution in [0.1, 0.15) is 25.3 Å². The van der Waals surface area contributed by atoms with E-state index >= 15 is 0 Å². The molecule has 10 heavy (non-hydrogen) atoms. The van der Waals surface area contributed by atoms with Gasteiger partial charge in [0.1, 0.15) is 0 Å². The van der Waals surface area contributed by atoms with E-state index in [0.717, 1.165) is 5.69 Å². The van der Waals surface area contributed by atoms with E-state index < -0.39 is 5.54 Å². The molecule has 0 aliphatic rings. The van der Waals surface area contributed by atoms with Crippen molar-refractivity contribution >= 4 is 0 Å². The maximum atomic E-state index is 7.55. The highest BCUT2D eigenvalue weighted by Crippen LogP contribution is 2.18. The Balaban J connectivity index is 2.96. The molecule has 1 rings (SSSR count). The third-order valence-electron chi connectivity index (χ3n) is 1.24. The van der Waals surface area contributed by atoms with Gasteiger partial charge in [-0.25, -0.2) is 5.73 Å². The summed E-state index contributed by atoms with van der Waals surface area (Å²) in [6.07, 6.45) is 0. The Kier molecular flexibility index (Phi) is 1.52. The van der Waals surface area contributed by atoms with Crippen molar-refractivity contribution < 1.29 is 4.52 Å². The fourth-order valence-corrected chi connectivity index (χ4v) is 0.658. The van der Waals surface area contributed by atoms with Crippen LogP contribution in [0.25, 0.3) is 0 Å². The molecule has 0 bridgehead atoms. The highest BCUT2D eigenvalue weighted by Gasteiger charge is 2.19. The van der Waals surface area contributed by atoms with Gasteiger partial charge in [-0.2, -0.15) is 0 Å². The van der Waals surface area contributed by atoms with Gasteiger partial charge < -0.3 is 4.52 Å². The van der Waals surface area contributed by atoms with Crippen LogP contribution in [0.2, 0.25) is 0 Å². The monoisotopic (exact) mass is 139 g/mol. The largest absolute Gasteiger partial charge is 0.359 e. The molecule has 0 aromatic carbocycles. The molecule has 1 radical (unpaired) electrons. The van der Waals surface area contributed by atoms with Crippen molar-refractivity contribution in [2.75, 3.05) is 0 Å². The lowest BCUT2D eigenvalue weighted by Crippen LogP contribution is -2.16. The summed E-state index contributed by atoms with van der Waals surface area (Å²) < 4.78 is 4.89. The Bertz CT molecular complexity index is 222. The van der Waals surface area contributed by atoms with Crippen molar-refractivity contribution in [3.63, 3.8) is 0 Å². The van der Waals surface area contributed by atoms with Crippen LogP contribution in [-0.2, 0) is 5.54 Å². The summed E-state index contributed by atoms with van der Waals surface area (Å²) in [5, 5.41) is 3.69. The van der Waals surface area contributed by atoms with Crippen LogP contribution < -0.4 is 5.73 Å². The Morgan fingerprint density at radius 2 is 2.20 bits per heavy atom. The van der Waals surface area contributed by atoms with Gasteiger partial charge in [-0.15, -0.1) is 0 Å². The van der Waals surface area contributed by atoms with Crippen molar-refractivity contribution in [3.8, 4) is 0 Å². The molecule has 1 aromatic rings. The third-order valence-corrected chi connectivity index (χ3v) is 1.24. The first-order valence-corrected chi connectivity index (χ1v) is 3.19. The quantitative estimate of drug-likeness (QED) is 0.592. The first kappa shape index (κ1) is 7.28. The highest BCUT2D eigenvalue weighted by molar-refractivity contribution is 5.10. The van der Waals surface area contributed by atoms with Gasteiger partial charge in [0.05, 0.1) is 11.2 Å². The predicted molar refractivity (Wildman–Crippen MR) is 37.4 cm³/mol. The average Bonchev–Trinajstić information content (AvgIpc) is 2.11. The van der Waals surface area contributed by atoms with Crippen LogP contribution in [0.4, 0.5) is 0 Å². The molecular weight excluding hydrogens is 128 g/mol. The lowest BCUT2D eigenvalue weighted by atomic mass is 10.0. The number of aryl methyl sites for hydroxylation is 1. The molecule has 0 spiro atoms. The smallest absolute Gasteiger partial charge is 0.157 e. The van der Waals surface area contributed by atoms with Gasteiger partial charge in [-0.1, -0.05) is 5.16 Å². The molecule has 0 amide bonds. The zero-order valence-corrected chi connectivity index (χ0v) is 6.43. The molecule has 0 unspecified atom stereocenters. The first-order valence-electron chi connectivity index (χ1n) is 3.19. The van der Waals surface area contributed by atoms with Crippen LogP contribution in [0.3, 0.4) is 0 Å². The highest BCUT2D eigenvalue weighted by atomic mass is 16.5. The fourth-order valence-electron chi connectivity index (χ4n) is 0.658. The Morgan fingerprint density at radius 1 is 1.60 bits per heavy atom. The topological polar surface area (TPSA) is 49.8 Å². The minimum atomic E-state index is -0.665. The number of hydrogen-bond acceptors (Lipinski definition) is 2. The second-order valence-corrected chi connectivity index (χ2v) is 2.96. The van der Waals surface area contributed by atoms with Crippen molar-refractivity contribution in [2.24, 2.45) is 0 Å². The van der Waals surface area contributed by atoms with Crippen LogP contribution in [0, 0.1) is 6.92 Å². The van der Waals surface area contributed by atoms with Crippen molar-refractivity contribution in [2.45, 2.75) is 26.3 Å². The molecular formula is C7H11N2O. The summed E-state index contributed by atoms with van der Waals surface area (Å²) in [7, 11) is 0. The molecule has 1 aromatic heterocycles. The van der Waals surface area contributed by atoms with Gasteiger partial charge >= 0.3 is 0 Å². The summed E-state index contributed by atoms with van der Waals surface area (Å²) in [6, 6.07) is 1.78. The molecule has 0 aliphatic heterocycles. The van der Waals surface area contributed by atoms with E-state index in [1.807, 2.05) is 6.92 Å². The summed E-state index contributed by atoms with van der Waals surface area (Å²) in [4.78, 5) is 0. The molecule has 0 atom stereocenters. The zero-order chi connectivity index (χ0) is 7.78. The maximum absolute atomic E-state index is 7.55. The molecule has 1 N–H and O–H groups in total. The summed E-state index contributed by atoms with van der Waals surface area (Å²) >= 11 is 0. The molecule has 3 heteroatoms. The second kappa shape index (κ2) is 2.09. The Morgan fingerprint density at radius 3 is 2.40 bits per heavy atom.